The van der Waals surface area contributed by atoms with E-state index >= 15 is 0 Å². The van der Waals surface area contributed by atoms with Crippen LogP contribution in [0.2, 0.25) is 5.02 Å². The second-order valence-corrected chi connectivity index (χ2v) is 8.45. The lowest BCUT2D eigenvalue weighted by molar-refractivity contribution is -0.209. The second kappa shape index (κ2) is 8.09. The number of aromatic nitrogens is 1. The summed E-state index contributed by atoms with van der Waals surface area (Å²) in [4.78, 5) is 0. The molecule has 5 nitrogen and oxygen atoms in total. The maximum absolute atomic E-state index is 10.5. The Bertz CT molecular complexity index is 998. The minimum absolute atomic E-state index is 0.0465. The molecule has 4 rings (SSSR count). The summed E-state index contributed by atoms with van der Waals surface area (Å²) in [6, 6.07) is 14.2. The molecule has 0 radical (unpaired) electrons. The number of benzene rings is 2. The number of halogens is 1. The first-order chi connectivity index (χ1) is 13.9. The highest BCUT2D eigenvalue weighted by atomic mass is 35.5. The van der Waals surface area contributed by atoms with Crippen molar-refractivity contribution in [3.8, 4) is 0 Å². The smallest absolute Gasteiger partial charge is 0.162 e. The van der Waals surface area contributed by atoms with E-state index in [0.717, 1.165) is 22.0 Å². The van der Waals surface area contributed by atoms with Crippen LogP contribution in [0.3, 0.4) is 0 Å². The van der Waals surface area contributed by atoms with Crippen LogP contribution in [-0.4, -0.2) is 44.8 Å². The fourth-order valence-corrected chi connectivity index (χ4v) is 4.26. The molecule has 1 aliphatic rings. The number of hydrogen-bond acceptors (Lipinski definition) is 4. The lowest BCUT2D eigenvalue weighted by atomic mass is 9.99. The largest absolute Gasteiger partial charge is 0.388 e. The van der Waals surface area contributed by atoms with Gasteiger partial charge in [0.1, 0.15) is 18.3 Å². The van der Waals surface area contributed by atoms with E-state index in [0.29, 0.717) is 17.4 Å². The van der Waals surface area contributed by atoms with Crippen molar-refractivity contribution in [2.24, 2.45) is 0 Å². The lowest BCUT2D eigenvalue weighted by Crippen LogP contribution is -2.50. The summed E-state index contributed by atoms with van der Waals surface area (Å²) in [7, 11) is 0. The predicted molar refractivity (Wildman–Crippen MR) is 113 cm³/mol. The van der Waals surface area contributed by atoms with Crippen LogP contribution in [0.15, 0.2) is 48.7 Å². The zero-order valence-corrected chi connectivity index (χ0v) is 17.3. The van der Waals surface area contributed by atoms with E-state index in [2.05, 4.69) is 38.1 Å². The topological polar surface area (TPSA) is 74.9 Å². The average Bonchev–Trinajstić information content (AvgIpc) is 3.06. The predicted octanol–water partition coefficient (Wildman–Crippen LogP) is 3.62. The van der Waals surface area contributed by atoms with E-state index in [1.54, 1.807) is 4.57 Å². The molecule has 1 aliphatic heterocycles. The van der Waals surface area contributed by atoms with Crippen molar-refractivity contribution in [3.05, 3.63) is 70.4 Å². The van der Waals surface area contributed by atoms with E-state index in [1.807, 2.05) is 24.4 Å². The first-order valence-corrected chi connectivity index (χ1v) is 10.3. The summed E-state index contributed by atoms with van der Waals surface area (Å²) < 4.78 is 7.48. The third-order valence-corrected chi connectivity index (χ3v) is 5.99. The van der Waals surface area contributed by atoms with Gasteiger partial charge in [-0.3, -0.25) is 0 Å². The number of ether oxygens (including phenoxy) is 1. The fraction of sp³-hybridized carbons (Fsp3) is 0.391. The fourth-order valence-electron chi connectivity index (χ4n) is 3.97. The highest BCUT2D eigenvalue weighted by Crippen LogP contribution is 2.35. The third-order valence-electron chi connectivity index (χ3n) is 5.67. The summed E-state index contributed by atoms with van der Waals surface area (Å²) in [6.07, 6.45) is -1.81. The standard InChI is InChI=1S/C23H26ClNO4/c1-13(2)15-8-6-14(7-9-15)10-16-11-25(18-5-3-4-17(24)20(16)18)23-22(28)21(27)19(26)12-29-23/h3-9,11,13,19,21-23,26-28H,10,12H2,1-2H3/t19-,21+,22-,23-/m1/s1. The minimum atomic E-state index is -1.27. The van der Waals surface area contributed by atoms with Gasteiger partial charge >= 0.3 is 0 Å². The SMILES string of the molecule is CC(C)c1ccc(Cc2cn([C@@H]3OC[C@@H](O)[C@H](O)[C@H]3O)c3cccc(Cl)c23)cc1. The highest BCUT2D eigenvalue weighted by molar-refractivity contribution is 6.35. The Hall–Kier alpha value is -1.89. The van der Waals surface area contributed by atoms with Crippen molar-refractivity contribution in [3.63, 3.8) is 0 Å². The average molecular weight is 416 g/mol. The normalized spacial score (nSPS) is 25.1. The van der Waals surface area contributed by atoms with E-state index < -0.39 is 24.5 Å². The molecule has 154 valence electrons. The Morgan fingerprint density at radius 2 is 1.79 bits per heavy atom. The molecule has 1 saturated heterocycles. The van der Waals surface area contributed by atoms with Gasteiger partial charge in [-0.05, 0) is 41.2 Å². The Kier molecular flexibility index (Phi) is 5.69. The molecule has 1 fully saturated rings. The maximum Gasteiger partial charge on any atom is 0.162 e. The summed E-state index contributed by atoms with van der Waals surface area (Å²) in [6.45, 7) is 4.29. The second-order valence-electron chi connectivity index (χ2n) is 8.04. The van der Waals surface area contributed by atoms with Crippen LogP contribution in [-0.2, 0) is 11.2 Å². The van der Waals surface area contributed by atoms with Gasteiger partial charge in [-0.2, -0.15) is 0 Å². The van der Waals surface area contributed by atoms with Gasteiger partial charge < -0.3 is 24.6 Å². The Morgan fingerprint density at radius 1 is 1.07 bits per heavy atom. The van der Waals surface area contributed by atoms with Crippen LogP contribution in [0, 0.1) is 0 Å². The van der Waals surface area contributed by atoms with E-state index in [1.165, 1.54) is 5.56 Å². The minimum Gasteiger partial charge on any atom is -0.388 e. The summed E-state index contributed by atoms with van der Waals surface area (Å²) in [5.74, 6) is 0.479. The zero-order chi connectivity index (χ0) is 20.7. The molecule has 2 heterocycles. The molecule has 6 heteroatoms. The van der Waals surface area contributed by atoms with Gasteiger partial charge in [-0.25, -0.2) is 0 Å². The monoisotopic (exact) mass is 415 g/mol. The zero-order valence-electron chi connectivity index (χ0n) is 16.5. The van der Waals surface area contributed by atoms with Crippen molar-refractivity contribution in [2.75, 3.05) is 6.61 Å². The van der Waals surface area contributed by atoms with Crippen LogP contribution >= 0.6 is 11.6 Å². The number of aliphatic hydroxyl groups is 3. The Balaban J connectivity index is 1.73. The molecule has 0 amide bonds. The van der Waals surface area contributed by atoms with Gasteiger partial charge in [0.05, 0.1) is 17.1 Å². The third kappa shape index (κ3) is 3.81. The van der Waals surface area contributed by atoms with Gasteiger partial charge in [0, 0.05) is 11.6 Å². The van der Waals surface area contributed by atoms with Gasteiger partial charge in [0.15, 0.2) is 6.23 Å². The Morgan fingerprint density at radius 3 is 2.48 bits per heavy atom. The molecular weight excluding hydrogens is 390 g/mol. The molecule has 1 aromatic heterocycles. The van der Waals surface area contributed by atoms with Crippen LogP contribution in [0.4, 0.5) is 0 Å². The molecule has 0 aliphatic carbocycles. The van der Waals surface area contributed by atoms with E-state index in [-0.39, 0.29) is 6.61 Å². The molecule has 4 atom stereocenters. The van der Waals surface area contributed by atoms with Gasteiger partial charge in [-0.15, -0.1) is 0 Å². The van der Waals surface area contributed by atoms with Crippen molar-refractivity contribution in [1.29, 1.82) is 0 Å². The van der Waals surface area contributed by atoms with E-state index in [9.17, 15) is 15.3 Å². The van der Waals surface area contributed by atoms with E-state index in [4.69, 9.17) is 16.3 Å². The Labute approximate surface area is 175 Å². The first-order valence-electron chi connectivity index (χ1n) is 9.89. The van der Waals surface area contributed by atoms with Crippen LogP contribution in [0.25, 0.3) is 10.9 Å². The van der Waals surface area contributed by atoms with Gasteiger partial charge in [0.2, 0.25) is 0 Å². The molecule has 0 bridgehead atoms. The van der Waals surface area contributed by atoms with Gasteiger partial charge in [0.25, 0.3) is 0 Å². The lowest BCUT2D eigenvalue weighted by Gasteiger charge is -2.36. The molecule has 0 saturated carbocycles. The van der Waals surface area contributed by atoms with Crippen molar-refractivity contribution >= 4 is 22.5 Å². The van der Waals surface area contributed by atoms with Crippen molar-refractivity contribution < 1.29 is 20.1 Å². The summed E-state index contributed by atoms with van der Waals surface area (Å²) in [5.41, 5.74) is 4.28. The highest BCUT2D eigenvalue weighted by Gasteiger charge is 2.39. The number of fused-ring (bicyclic) bond motifs is 1. The van der Waals surface area contributed by atoms with Crippen LogP contribution in [0.5, 0.6) is 0 Å². The maximum atomic E-state index is 10.5. The van der Waals surface area contributed by atoms with Crippen molar-refractivity contribution in [1.82, 2.24) is 4.57 Å². The molecular formula is C23H26ClNO4. The summed E-state index contributed by atoms with van der Waals surface area (Å²) in [5, 5.41) is 31.9. The van der Waals surface area contributed by atoms with Crippen LogP contribution < -0.4 is 0 Å². The quantitative estimate of drug-likeness (QED) is 0.608. The van der Waals surface area contributed by atoms with Gasteiger partial charge in [-0.1, -0.05) is 55.8 Å². The molecule has 3 aromatic rings. The molecule has 3 N–H and O–H groups in total. The number of hydrogen-bond donors (Lipinski definition) is 3. The molecule has 29 heavy (non-hydrogen) atoms. The first kappa shape index (κ1) is 20.4. The van der Waals surface area contributed by atoms with Crippen molar-refractivity contribution in [2.45, 2.75) is 50.7 Å². The van der Waals surface area contributed by atoms with Crippen LogP contribution in [0.1, 0.15) is 42.7 Å². The number of aliphatic hydroxyl groups excluding tert-OH is 3. The molecule has 2 aromatic carbocycles. The molecule has 0 unspecified atom stereocenters. The number of nitrogens with zero attached hydrogens (tertiary/aromatic N) is 1. The summed E-state index contributed by atoms with van der Waals surface area (Å²) >= 11 is 6.53. The number of rotatable bonds is 4. The molecule has 0 spiro atoms.